The molecule has 166 valence electrons. The fourth-order valence-corrected chi connectivity index (χ4v) is 3.65. The number of hydrogen-bond donors (Lipinski definition) is 0. The largest absolute Gasteiger partial charge is 0.283 e. The van der Waals surface area contributed by atoms with Gasteiger partial charge in [-0.05, 0) is 24.0 Å². The first-order chi connectivity index (χ1) is 14.8. The molecule has 3 heteroatoms. The van der Waals surface area contributed by atoms with Crippen LogP contribution in [0, 0.1) is 0 Å². The molecule has 0 N–H and O–H groups in total. The van der Waals surface area contributed by atoms with E-state index in [1.807, 2.05) is 0 Å². The highest BCUT2D eigenvalue weighted by Crippen LogP contribution is 2.12. The summed E-state index contributed by atoms with van der Waals surface area (Å²) in [6, 6.07) is 21.2. The van der Waals surface area contributed by atoms with E-state index in [2.05, 4.69) is 84.5 Å². The number of benzene rings is 2. The van der Waals surface area contributed by atoms with E-state index >= 15 is 0 Å². The molecule has 2 aromatic rings. The molecular weight excluding hydrogens is 368 g/mol. The lowest BCUT2D eigenvalue weighted by Crippen LogP contribution is -2.34. The number of hydroxylamine groups is 2. The van der Waals surface area contributed by atoms with Crippen molar-refractivity contribution in [3.05, 3.63) is 71.8 Å². The van der Waals surface area contributed by atoms with Gasteiger partial charge in [-0.2, -0.15) is 5.06 Å². The quantitative estimate of drug-likeness (QED) is 0.158. The highest BCUT2D eigenvalue weighted by Gasteiger charge is 2.12. The van der Waals surface area contributed by atoms with E-state index in [9.17, 15) is 0 Å². The van der Waals surface area contributed by atoms with Crippen LogP contribution in [0.3, 0.4) is 0 Å². The second-order valence-corrected chi connectivity index (χ2v) is 8.27. The van der Waals surface area contributed by atoms with Crippen molar-refractivity contribution in [1.82, 2.24) is 9.96 Å². The van der Waals surface area contributed by atoms with E-state index in [0.717, 1.165) is 26.2 Å². The molecule has 0 atom stereocenters. The van der Waals surface area contributed by atoms with Gasteiger partial charge in [-0.15, -0.1) is 0 Å². The van der Waals surface area contributed by atoms with Crippen molar-refractivity contribution in [3.8, 4) is 0 Å². The maximum atomic E-state index is 6.39. The zero-order valence-corrected chi connectivity index (χ0v) is 19.3. The average molecular weight is 411 g/mol. The monoisotopic (exact) mass is 410 g/mol. The third-order valence-corrected chi connectivity index (χ3v) is 5.48. The van der Waals surface area contributed by atoms with Gasteiger partial charge >= 0.3 is 0 Å². The van der Waals surface area contributed by atoms with Crippen LogP contribution in [0.2, 0.25) is 0 Å². The Balaban J connectivity index is 1.92. The predicted octanol–water partition coefficient (Wildman–Crippen LogP) is 7.04. The molecule has 0 spiro atoms. The Bertz CT molecular complexity index is 578. The van der Waals surface area contributed by atoms with Crippen molar-refractivity contribution in [2.45, 2.75) is 78.3 Å². The second kappa shape index (κ2) is 16.1. The van der Waals surface area contributed by atoms with Crippen LogP contribution < -0.4 is 0 Å². The minimum Gasteiger partial charge on any atom is -0.283 e. The third-order valence-electron chi connectivity index (χ3n) is 5.48. The van der Waals surface area contributed by atoms with Crippen LogP contribution >= 0.6 is 0 Å². The smallest absolute Gasteiger partial charge is 0.121 e. The Morgan fingerprint density at radius 2 is 1.07 bits per heavy atom. The minimum absolute atomic E-state index is 0.678. The Kier molecular flexibility index (Phi) is 13.2. The maximum Gasteiger partial charge on any atom is 0.121 e. The Morgan fingerprint density at radius 1 is 0.600 bits per heavy atom. The SMILES string of the molecule is CCCCCCN(CCCCCC)CON(Cc1ccccc1)Cc1ccccc1. The van der Waals surface area contributed by atoms with Crippen LogP contribution in [0.4, 0.5) is 0 Å². The number of rotatable bonds is 17. The van der Waals surface area contributed by atoms with Gasteiger partial charge in [0.15, 0.2) is 0 Å². The summed E-state index contributed by atoms with van der Waals surface area (Å²) in [5, 5.41) is 2.12. The van der Waals surface area contributed by atoms with E-state index in [0.29, 0.717) is 6.73 Å². The van der Waals surface area contributed by atoms with E-state index in [1.54, 1.807) is 0 Å². The highest BCUT2D eigenvalue weighted by atomic mass is 16.7. The normalized spacial score (nSPS) is 11.5. The van der Waals surface area contributed by atoms with Crippen LogP contribution in [-0.4, -0.2) is 29.8 Å². The minimum atomic E-state index is 0.678. The fourth-order valence-electron chi connectivity index (χ4n) is 3.65. The van der Waals surface area contributed by atoms with Gasteiger partial charge in [0.25, 0.3) is 0 Å². The molecule has 0 aliphatic heterocycles. The molecule has 0 aromatic heterocycles. The molecule has 0 aliphatic rings. The lowest BCUT2D eigenvalue weighted by atomic mass is 10.2. The second-order valence-electron chi connectivity index (χ2n) is 8.27. The van der Waals surface area contributed by atoms with Gasteiger partial charge < -0.3 is 0 Å². The van der Waals surface area contributed by atoms with Crippen molar-refractivity contribution >= 4 is 0 Å². The predicted molar refractivity (Wildman–Crippen MR) is 128 cm³/mol. The Hall–Kier alpha value is -1.68. The van der Waals surface area contributed by atoms with Crippen molar-refractivity contribution in [3.63, 3.8) is 0 Å². The van der Waals surface area contributed by atoms with Crippen molar-refractivity contribution in [2.24, 2.45) is 0 Å². The van der Waals surface area contributed by atoms with Crippen LogP contribution in [0.25, 0.3) is 0 Å². The molecule has 0 amide bonds. The number of nitrogens with zero attached hydrogens (tertiary/aromatic N) is 2. The molecule has 0 unspecified atom stereocenters. The molecule has 0 aliphatic carbocycles. The maximum absolute atomic E-state index is 6.39. The van der Waals surface area contributed by atoms with E-state index in [1.165, 1.54) is 62.5 Å². The van der Waals surface area contributed by atoms with Crippen LogP contribution in [0.15, 0.2) is 60.7 Å². The lowest BCUT2D eigenvalue weighted by molar-refractivity contribution is -0.205. The summed E-state index contributed by atoms with van der Waals surface area (Å²) in [5.74, 6) is 0. The zero-order chi connectivity index (χ0) is 21.3. The highest BCUT2D eigenvalue weighted by molar-refractivity contribution is 5.16. The first-order valence-corrected chi connectivity index (χ1v) is 12.0. The van der Waals surface area contributed by atoms with Crippen molar-refractivity contribution in [2.75, 3.05) is 19.8 Å². The van der Waals surface area contributed by atoms with Gasteiger partial charge in [-0.3, -0.25) is 9.74 Å². The van der Waals surface area contributed by atoms with Crippen LogP contribution in [-0.2, 0) is 17.9 Å². The average Bonchev–Trinajstić information content (AvgIpc) is 2.78. The van der Waals surface area contributed by atoms with Gasteiger partial charge in [0.1, 0.15) is 6.73 Å². The molecule has 2 aromatic carbocycles. The lowest BCUT2D eigenvalue weighted by Gasteiger charge is -2.28. The molecule has 0 fully saturated rings. The number of hydrogen-bond acceptors (Lipinski definition) is 3. The van der Waals surface area contributed by atoms with Gasteiger partial charge in [-0.1, -0.05) is 113 Å². The van der Waals surface area contributed by atoms with Crippen molar-refractivity contribution in [1.29, 1.82) is 0 Å². The summed E-state index contributed by atoms with van der Waals surface area (Å²) >= 11 is 0. The summed E-state index contributed by atoms with van der Waals surface area (Å²) in [7, 11) is 0. The number of unbranched alkanes of at least 4 members (excludes halogenated alkanes) is 6. The van der Waals surface area contributed by atoms with Gasteiger partial charge in [0.05, 0.1) is 0 Å². The molecular formula is C27H42N2O. The zero-order valence-electron chi connectivity index (χ0n) is 19.3. The summed E-state index contributed by atoms with van der Waals surface area (Å²) in [5.41, 5.74) is 2.57. The van der Waals surface area contributed by atoms with Gasteiger partial charge in [-0.25, -0.2) is 0 Å². The first-order valence-electron chi connectivity index (χ1n) is 12.0. The van der Waals surface area contributed by atoms with E-state index < -0.39 is 0 Å². The summed E-state index contributed by atoms with van der Waals surface area (Å²) in [6.45, 7) is 9.10. The standard InChI is InChI=1S/C27H42N2O/c1-3-5-7-15-21-28(22-16-8-6-4-2)25-30-29(23-26-17-11-9-12-18-26)24-27-19-13-10-14-20-27/h9-14,17-20H,3-8,15-16,21-25H2,1-2H3. The Labute approximate surface area is 185 Å². The van der Waals surface area contributed by atoms with Crippen LogP contribution in [0.1, 0.15) is 76.3 Å². The molecule has 0 saturated heterocycles. The molecule has 0 saturated carbocycles. The first kappa shape index (κ1) is 24.6. The molecule has 0 radical (unpaired) electrons. The molecule has 2 rings (SSSR count). The molecule has 0 heterocycles. The Morgan fingerprint density at radius 3 is 1.50 bits per heavy atom. The van der Waals surface area contributed by atoms with Gasteiger partial charge in [0.2, 0.25) is 0 Å². The molecule has 3 nitrogen and oxygen atoms in total. The van der Waals surface area contributed by atoms with E-state index in [4.69, 9.17) is 4.84 Å². The van der Waals surface area contributed by atoms with Crippen molar-refractivity contribution < 1.29 is 4.84 Å². The summed E-state index contributed by atoms with van der Waals surface area (Å²) in [4.78, 5) is 8.89. The topological polar surface area (TPSA) is 15.7 Å². The fraction of sp³-hybridized carbons (Fsp3) is 0.556. The van der Waals surface area contributed by atoms with Gasteiger partial charge in [0, 0.05) is 26.2 Å². The third kappa shape index (κ3) is 10.9. The summed E-state index contributed by atoms with van der Waals surface area (Å²) < 4.78 is 0. The molecule has 30 heavy (non-hydrogen) atoms. The van der Waals surface area contributed by atoms with E-state index in [-0.39, 0.29) is 0 Å². The summed E-state index contributed by atoms with van der Waals surface area (Å²) in [6.07, 6.45) is 10.4. The van der Waals surface area contributed by atoms with Crippen LogP contribution in [0.5, 0.6) is 0 Å². The molecule has 0 bridgehead atoms.